The van der Waals surface area contributed by atoms with Crippen LogP contribution in [0.2, 0.25) is 0 Å². The Bertz CT molecular complexity index is 956. The Balaban J connectivity index is 1.77. The van der Waals surface area contributed by atoms with E-state index in [-0.39, 0.29) is 11.2 Å². The molecule has 0 N–H and O–H groups in total. The summed E-state index contributed by atoms with van der Waals surface area (Å²) in [4.78, 5) is 0. The van der Waals surface area contributed by atoms with Crippen molar-refractivity contribution in [2.24, 2.45) is 0 Å². The first kappa shape index (κ1) is 18.1. The number of hydrogen-bond acceptors (Lipinski definition) is 4. The second kappa shape index (κ2) is 5.61. The third-order valence-corrected chi connectivity index (χ3v) is 5.98. The number of rotatable bonds is 1. The number of ether oxygens (including phenoxy) is 1. The molecular weight excluding hydrogens is 337 g/mol. The highest BCUT2D eigenvalue weighted by atomic mass is 16.7. The molecule has 0 amide bonds. The Labute approximate surface area is 161 Å². The second-order valence-electron chi connectivity index (χ2n) is 8.83. The first-order chi connectivity index (χ1) is 12.5. The molecule has 2 aromatic rings. The van der Waals surface area contributed by atoms with Crippen molar-refractivity contribution in [1.82, 2.24) is 0 Å². The van der Waals surface area contributed by atoms with Crippen molar-refractivity contribution in [3.8, 4) is 22.9 Å². The molecule has 4 nitrogen and oxygen atoms in total. The third-order valence-electron chi connectivity index (χ3n) is 5.98. The van der Waals surface area contributed by atoms with E-state index in [4.69, 9.17) is 14.0 Å². The normalized spacial score (nSPS) is 21.0. The molecule has 0 saturated carbocycles. The summed E-state index contributed by atoms with van der Waals surface area (Å²) < 4.78 is 18.7. The first-order valence-corrected chi connectivity index (χ1v) is 9.28. The summed E-state index contributed by atoms with van der Waals surface area (Å²) in [5.41, 5.74) is 3.45. The lowest BCUT2D eigenvalue weighted by molar-refractivity contribution is 0.00578. The van der Waals surface area contributed by atoms with Gasteiger partial charge in [0.05, 0.1) is 22.8 Å². The molecule has 0 atom stereocenters. The lowest BCUT2D eigenvalue weighted by Crippen LogP contribution is -2.41. The van der Waals surface area contributed by atoms with Crippen LogP contribution in [0.1, 0.15) is 52.7 Å². The van der Waals surface area contributed by atoms with Crippen LogP contribution in [-0.4, -0.2) is 18.3 Å². The van der Waals surface area contributed by atoms with Crippen molar-refractivity contribution in [3.05, 3.63) is 47.5 Å². The summed E-state index contributed by atoms with van der Waals surface area (Å²) >= 11 is 0. The maximum Gasteiger partial charge on any atom is 0.494 e. The summed E-state index contributed by atoms with van der Waals surface area (Å²) in [6, 6.07) is 14.1. The number of nitrogens with zero attached hydrogens (tertiary/aromatic N) is 1. The van der Waals surface area contributed by atoms with Gasteiger partial charge in [0.2, 0.25) is 0 Å². The molecule has 5 heteroatoms. The molecule has 2 aromatic carbocycles. The molecule has 0 aromatic heterocycles. The highest BCUT2D eigenvalue weighted by molar-refractivity contribution is 6.62. The van der Waals surface area contributed by atoms with Crippen molar-refractivity contribution in [2.45, 2.75) is 58.3 Å². The smallest absolute Gasteiger partial charge is 0.483 e. The molecule has 0 unspecified atom stereocenters. The van der Waals surface area contributed by atoms with E-state index in [2.05, 4.69) is 12.1 Å². The van der Waals surface area contributed by atoms with Gasteiger partial charge in [0.25, 0.3) is 0 Å². The van der Waals surface area contributed by atoms with E-state index in [1.54, 1.807) is 0 Å². The van der Waals surface area contributed by atoms with Gasteiger partial charge in [-0.1, -0.05) is 18.2 Å². The van der Waals surface area contributed by atoms with Gasteiger partial charge < -0.3 is 14.0 Å². The predicted molar refractivity (Wildman–Crippen MR) is 106 cm³/mol. The van der Waals surface area contributed by atoms with E-state index < -0.39 is 12.7 Å². The SMILES string of the molecule is CC1(C)Oc2cc(B3OC(C)(C)C(C)(C)O3)ccc2-c2ccc(C#N)cc21. The van der Waals surface area contributed by atoms with Gasteiger partial charge in [-0.25, -0.2) is 0 Å². The zero-order valence-electron chi connectivity index (χ0n) is 16.7. The van der Waals surface area contributed by atoms with Crippen LogP contribution in [-0.2, 0) is 14.9 Å². The maximum absolute atomic E-state index is 9.23. The van der Waals surface area contributed by atoms with Crippen LogP contribution >= 0.6 is 0 Å². The number of benzene rings is 2. The molecule has 4 rings (SSSR count). The molecule has 0 radical (unpaired) electrons. The second-order valence-corrected chi connectivity index (χ2v) is 8.83. The van der Waals surface area contributed by atoms with E-state index in [0.717, 1.165) is 27.9 Å². The van der Waals surface area contributed by atoms with Crippen molar-refractivity contribution >= 4 is 12.6 Å². The zero-order chi connectivity index (χ0) is 19.6. The fourth-order valence-electron chi connectivity index (χ4n) is 3.65. The van der Waals surface area contributed by atoms with Crippen LogP contribution in [0.5, 0.6) is 5.75 Å². The Kier molecular flexibility index (Phi) is 3.76. The van der Waals surface area contributed by atoms with Crippen molar-refractivity contribution < 1.29 is 14.0 Å². The summed E-state index contributed by atoms with van der Waals surface area (Å²) in [5, 5.41) is 9.23. The standard InChI is InChI=1S/C22H24BNO3/c1-20(2)18-11-14(13-24)7-9-16(18)17-10-8-15(12-19(17)25-20)23-26-21(3,4)22(5,6)27-23/h7-12H,1-6H3. The van der Waals surface area contributed by atoms with Gasteiger partial charge in [-0.05, 0) is 70.8 Å². The minimum Gasteiger partial charge on any atom is -0.483 e. The zero-order valence-corrected chi connectivity index (χ0v) is 16.7. The van der Waals surface area contributed by atoms with Gasteiger partial charge in [0.15, 0.2) is 0 Å². The van der Waals surface area contributed by atoms with Gasteiger partial charge in [-0.15, -0.1) is 0 Å². The van der Waals surface area contributed by atoms with Crippen molar-refractivity contribution in [1.29, 1.82) is 5.26 Å². The minimum absolute atomic E-state index is 0.381. The predicted octanol–water partition coefficient (Wildman–Crippen LogP) is 4.15. The summed E-state index contributed by atoms with van der Waals surface area (Å²) in [6.07, 6.45) is 0. The molecule has 0 spiro atoms. The molecule has 0 aliphatic carbocycles. The van der Waals surface area contributed by atoms with Gasteiger partial charge in [0.1, 0.15) is 11.4 Å². The van der Waals surface area contributed by atoms with Gasteiger partial charge in [-0.3, -0.25) is 0 Å². The summed E-state index contributed by atoms with van der Waals surface area (Å²) in [7, 11) is -0.422. The van der Waals surface area contributed by atoms with Crippen LogP contribution in [0.3, 0.4) is 0 Å². The molecular formula is C22H24BNO3. The number of fused-ring (bicyclic) bond motifs is 3. The summed E-state index contributed by atoms with van der Waals surface area (Å²) in [5.74, 6) is 0.810. The Morgan fingerprint density at radius 3 is 2.11 bits per heavy atom. The van der Waals surface area contributed by atoms with Crippen molar-refractivity contribution in [3.63, 3.8) is 0 Å². The van der Waals surface area contributed by atoms with Crippen LogP contribution in [0.4, 0.5) is 0 Å². The van der Waals surface area contributed by atoms with E-state index in [9.17, 15) is 5.26 Å². The topological polar surface area (TPSA) is 51.5 Å². The van der Waals surface area contributed by atoms with E-state index in [1.165, 1.54) is 0 Å². The van der Waals surface area contributed by atoms with E-state index >= 15 is 0 Å². The van der Waals surface area contributed by atoms with E-state index in [1.807, 2.05) is 71.9 Å². The lowest BCUT2D eigenvalue weighted by atomic mass is 9.77. The van der Waals surface area contributed by atoms with Crippen LogP contribution in [0.25, 0.3) is 11.1 Å². The van der Waals surface area contributed by atoms with Crippen molar-refractivity contribution in [2.75, 3.05) is 0 Å². The number of nitriles is 1. The number of hydrogen-bond donors (Lipinski definition) is 0. The molecule has 0 bridgehead atoms. The Morgan fingerprint density at radius 2 is 1.48 bits per heavy atom. The molecule has 138 valence electrons. The van der Waals surface area contributed by atoms with Crippen LogP contribution < -0.4 is 10.2 Å². The van der Waals surface area contributed by atoms with Gasteiger partial charge >= 0.3 is 7.12 Å². The molecule has 2 aliphatic heterocycles. The largest absolute Gasteiger partial charge is 0.494 e. The molecule has 27 heavy (non-hydrogen) atoms. The fraction of sp³-hybridized carbons (Fsp3) is 0.409. The van der Waals surface area contributed by atoms with Crippen LogP contribution in [0.15, 0.2) is 36.4 Å². The summed E-state index contributed by atoms with van der Waals surface area (Å²) in [6.45, 7) is 12.2. The first-order valence-electron chi connectivity index (χ1n) is 9.28. The minimum atomic E-state index is -0.524. The maximum atomic E-state index is 9.23. The average molecular weight is 361 g/mol. The molecule has 1 saturated heterocycles. The lowest BCUT2D eigenvalue weighted by Gasteiger charge is -2.35. The molecule has 2 heterocycles. The Morgan fingerprint density at radius 1 is 0.852 bits per heavy atom. The monoisotopic (exact) mass is 361 g/mol. The van der Waals surface area contributed by atoms with Crippen LogP contribution in [0, 0.1) is 11.3 Å². The van der Waals surface area contributed by atoms with Gasteiger partial charge in [-0.2, -0.15) is 5.26 Å². The van der Waals surface area contributed by atoms with E-state index in [0.29, 0.717) is 5.56 Å². The molecule has 2 aliphatic rings. The van der Waals surface area contributed by atoms with Gasteiger partial charge in [0, 0.05) is 11.1 Å². The molecule has 1 fully saturated rings. The fourth-order valence-corrected chi connectivity index (χ4v) is 3.65. The highest BCUT2D eigenvalue weighted by Gasteiger charge is 2.52. The average Bonchev–Trinajstić information content (AvgIpc) is 2.81. The quantitative estimate of drug-likeness (QED) is 0.716. The highest BCUT2D eigenvalue weighted by Crippen LogP contribution is 2.45. The third kappa shape index (κ3) is 2.75. The Hall–Kier alpha value is -2.29.